The number of carbonyl (C=O) groups is 4. The number of carbonyl (C=O) groups excluding carboxylic acids is 4. The van der Waals surface area contributed by atoms with E-state index in [0.29, 0.717) is 33.7 Å². The number of nitrogens with zero attached hydrogens (tertiary/aromatic N) is 1. The van der Waals surface area contributed by atoms with Crippen LogP contribution in [0.5, 0.6) is 11.5 Å². The van der Waals surface area contributed by atoms with Crippen molar-refractivity contribution < 1.29 is 28.7 Å². The summed E-state index contributed by atoms with van der Waals surface area (Å²) in [6.45, 7) is 1.75. The van der Waals surface area contributed by atoms with E-state index < -0.39 is 23.8 Å². The Morgan fingerprint density at radius 2 is 1.71 bits per heavy atom. The number of hydrogen-bond acceptors (Lipinski definition) is 6. The number of rotatable bonds is 8. The zero-order valence-corrected chi connectivity index (χ0v) is 21.5. The van der Waals surface area contributed by atoms with Gasteiger partial charge in [-0.1, -0.05) is 41.4 Å². The minimum atomic E-state index is -0.867. The van der Waals surface area contributed by atoms with Crippen LogP contribution in [0, 0.1) is 0 Å². The Morgan fingerprint density at radius 1 is 0.974 bits per heavy atom. The number of anilines is 2. The first-order valence-corrected chi connectivity index (χ1v) is 12.1. The van der Waals surface area contributed by atoms with Crippen molar-refractivity contribution in [3.05, 3.63) is 87.9 Å². The largest absolute Gasteiger partial charge is 0.490 e. The number of hydrogen-bond donors (Lipinski definition) is 2. The molecule has 1 saturated heterocycles. The van der Waals surface area contributed by atoms with Gasteiger partial charge >= 0.3 is 6.03 Å². The van der Waals surface area contributed by atoms with Crippen LogP contribution in [0.25, 0.3) is 6.08 Å². The fraction of sp³-hybridized carbons (Fsp3) is 0.111. The van der Waals surface area contributed by atoms with Gasteiger partial charge in [-0.2, -0.15) is 0 Å². The monoisotopic (exact) mass is 553 g/mol. The first-order chi connectivity index (χ1) is 18.3. The SMILES string of the molecule is CCOc1cc(/C=C2/C(=O)NC(=O)N(c3ccc(Cl)cc3)C2=O)ccc1OCC(=O)Nc1ccccc1Cl. The van der Waals surface area contributed by atoms with Crippen molar-refractivity contribution in [2.75, 3.05) is 23.4 Å². The van der Waals surface area contributed by atoms with Crippen molar-refractivity contribution in [1.82, 2.24) is 5.32 Å². The van der Waals surface area contributed by atoms with Crippen LogP contribution in [0.4, 0.5) is 16.2 Å². The molecule has 2 N–H and O–H groups in total. The fourth-order valence-corrected chi connectivity index (χ4v) is 3.85. The summed E-state index contributed by atoms with van der Waals surface area (Å²) in [4.78, 5) is 51.2. The minimum absolute atomic E-state index is 0.254. The molecule has 0 atom stereocenters. The van der Waals surface area contributed by atoms with Gasteiger partial charge in [-0.05, 0) is 67.1 Å². The number of para-hydroxylation sites is 1. The molecule has 1 fully saturated rings. The van der Waals surface area contributed by atoms with Crippen molar-refractivity contribution in [3.63, 3.8) is 0 Å². The van der Waals surface area contributed by atoms with Crippen molar-refractivity contribution in [2.24, 2.45) is 0 Å². The smallest absolute Gasteiger partial charge is 0.335 e. The molecule has 4 rings (SSSR count). The topological polar surface area (TPSA) is 114 Å². The maximum atomic E-state index is 13.1. The van der Waals surface area contributed by atoms with Gasteiger partial charge in [0.2, 0.25) is 0 Å². The van der Waals surface area contributed by atoms with E-state index in [1.165, 1.54) is 30.3 Å². The van der Waals surface area contributed by atoms with E-state index in [2.05, 4.69) is 10.6 Å². The normalized spacial score (nSPS) is 14.3. The predicted octanol–water partition coefficient (Wildman–Crippen LogP) is 5.08. The quantitative estimate of drug-likeness (QED) is 0.297. The Kier molecular flexibility index (Phi) is 8.30. The van der Waals surface area contributed by atoms with Gasteiger partial charge in [0.15, 0.2) is 18.1 Å². The molecule has 9 nitrogen and oxygen atoms in total. The van der Waals surface area contributed by atoms with Gasteiger partial charge < -0.3 is 14.8 Å². The molecule has 194 valence electrons. The molecule has 0 bridgehead atoms. The molecule has 0 unspecified atom stereocenters. The molecule has 38 heavy (non-hydrogen) atoms. The summed E-state index contributed by atoms with van der Waals surface area (Å²) in [5.41, 5.74) is 0.889. The third-order valence-corrected chi connectivity index (χ3v) is 5.85. The number of halogens is 2. The van der Waals surface area contributed by atoms with Gasteiger partial charge in [-0.25, -0.2) is 9.69 Å². The Balaban J connectivity index is 1.53. The number of barbiturate groups is 1. The molecule has 3 aromatic carbocycles. The van der Waals surface area contributed by atoms with Crippen molar-refractivity contribution in [2.45, 2.75) is 6.92 Å². The van der Waals surface area contributed by atoms with Crippen LogP contribution in [0.15, 0.2) is 72.3 Å². The zero-order valence-electron chi connectivity index (χ0n) is 20.0. The molecule has 0 radical (unpaired) electrons. The summed E-state index contributed by atoms with van der Waals surface area (Å²) >= 11 is 12.0. The lowest BCUT2D eigenvalue weighted by molar-refractivity contribution is -0.122. The Bertz CT molecular complexity index is 1440. The molecular weight excluding hydrogens is 533 g/mol. The van der Waals surface area contributed by atoms with Gasteiger partial charge in [0, 0.05) is 5.02 Å². The van der Waals surface area contributed by atoms with E-state index in [4.69, 9.17) is 32.7 Å². The Labute approximate surface area is 227 Å². The second kappa shape index (κ2) is 11.8. The molecule has 11 heteroatoms. The number of urea groups is 1. The third-order valence-electron chi connectivity index (χ3n) is 5.27. The number of imide groups is 2. The molecule has 1 aliphatic heterocycles. The Morgan fingerprint density at radius 3 is 2.42 bits per heavy atom. The lowest BCUT2D eigenvalue weighted by atomic mass is 10.1. The minimum Gasteiger partial charge on any atom is -0.490 e. The fourth-order valence-electron chi connectivity index (χ4n) is 3.54. The molecule has 5 amide bonds. The number of nitrogens with one attached hydrogen (secondary N) is 2. The molecule has 0 spiro atoms. The standard InChI is InChI=1S/C27H21Cl2N3O6/c1-2-37-23-14-16(7-12-22(23)38-15-24(33)30-21-6-4-3-5-20(21)29)13-19-25(34)31-27(36)32(26(19)35)18-10-8-17(28)9-11-18/h3-14H,2,15H2,1H3,(H,30,33)(H,31,34,36)/b19-13-. The first-order valence-electron chi connectivity index (χ1n) is 11.4. The highest BCUT2D eigenvalue weighted by Gasteiger charge is 2.36. The van der Waals surface area contributed by atoms with Gasteiger partial charge in [-0.3, -0.25) is 19.7 Å². The van der Waals surface area contributed by atoms with Crippen LogP contribution in [-0.4, -0.2) is 37.0 Å². The molecular formula is C27H21Cl2N3O6. The molecule has 0 aromatic heterocycles. The summed E-state index contributed by atoms with van der Waals surface area (Å²) in [6, 6.07) is 16.7. The Hall–Kier alpha value is -4.34. The van der Waals surface area contributed by atoms with E-state index in [1.54, 1.807) is 49.4 Å². The van der Waals surface area contributed by atoms with Gasteiger partial charge in [-0.15, -0.1) is 0 Å². The zero-order chi connectivity index (χ0) is 27.2. The summed E-state index contributed by atoms with van der Waals surface area (Å²) < 4.78 is 11.3. The van der Waals surface area contributed by atoms with Crippen molar-refractivity contribution in [1.29, 1.82) is 0 Å². The van der Waals surface area contributed by atoms with Gasteiger partial charge in [0.05, 0.1) is 23.0 Å². The second-order valence-corrected chi connectivity index (χ2v) is 8.73. The lowest BCUT2D eigenvalue weighted by Gasteiger charge is -2.26. The van der Waals surface area contributed by atoms with Gasteiger partial charge in [0.25, 0.3) is 17.7 Å². The number of benzene rings is 3. The van der Waals surface area contributed by atoms with Crippen LogP contribution >= 0.6 is 23.2 Å². The second-order valence-electron chi connectivity index (χ2n) is 7.89. The summed E-state index contributed by atoms with van der Waals surface area (Å²) in [6.07, 6.45) is 1.34. The summed E-state index contributed by atoms with van der Waals surface area (Å²) in [5, 5.41) is 5.65. The summed E-state index contributed by atoms with van der Waals surface area (Å²) in [7, 11) is 0. The lowest BCUT2D eigenvalue weighted by Crippen LogP contribution is -2.54. The molecule has 1 heterocycles. The molecule has 1 aliphatic rings. The van der Waals surface area contributed by atoms with Crippen molar-refractivity contribution in [3.8, 4) is 11.5 Å². The van der Waals surface area contributed by atoms with E-state index in [1.807, 2.05) is 0 Å². The van der Waals surface area contributed by atoms with E-state index in [0.717, 1.165) is 4.90 Å². The average Bonchev–Trinajstić information content (AvgIpc) is 2.88. The molecule has 0 saturated carbocycles. The van der Waals surface area contributed by atoms with Crippen LogP contribution in [0.2, 0.25) is 10.0 Å². The van der Waals surface area contributed by atoms with Crippen molar-refractivity contribution >= 4 is 64.4 Å². The predicted molar refractivity (Wildman–Crippen MR) is 144 cm³/mol. The van der Waals surface area contributed by atoms with Crippen LogP contribution in [0.3, 0.4) is 0 Å². The van der Waals surface area contributed by atoms with E-state index in [-0.39, 0.29) is 23.6 Å². The van der Waals surface area contributed by atoms with Crippen LogP contribution in [-0.2, 0) is 14.4 Å². The van der Waals surface area contributed by atoms with Gasteiger partial charge in [0.1, 0.15) is 5.57 Å². The third kappa shape index (κ3) is 6.13. The van der Waals surface area contributed by atoms with Crippen LogP contribution in [0.1, 0.15) is 12.5 Å². The highest BCUT2D eigenvalue weighted by molar-refractivity contribution is 6.39. The summed E-state index contributed by atoms with van der Waals surface area (Å²) in [5.74, 6) is -1.49. The molecule has 3 aromatic rings. The highest BCUT2D eigenvalue weighted by Crippen LogP contribution is 2.31. The first kappa shape index (κ1) is 26.7. The van der Waals surface area contributed by atoms with E-state index in [9.17, 15) is 19.2 Å². The highest BCUT2D eigenvalue weighted by atomic mass is 35.5. The average molecular weight is 554 g/mol. The van der Waals surface area contributed by atoms with E-state index >= 15 is 0 Å². The maximum Gasteiger partial charge on any atom is 0.335 e. The number of ether oxygens (including phenoxy) is 2. The number of amides is 5. The molecule has 0 aliphatic carbocycles. The van der Waals surface area contributed by atoms with Crippen LogP contribution < -0.4 is 25.0 Å². The maximum absolute atomic E-state index is 13.1.